The largest absolute Gasteiger partial charge is 0.497 e. The van der Waals surface area contributed by atoms with Gasteiger partial charge in [0.15, 0.2) is 0 Å². The number of methoxy groups -OCH3 is 1. The van der Waals surface area contributed by atoms with Crippen LogP contribution in [0, 0.1) is 0 Å². The average Bonchev–Trinajstić information content (AvgIpc) is 2.66. The summed E-state index contributed by atoms with van der Waals surface area (Å²) in [4.78, 5) is 28.9. The van der Waals surface area contributed by atoms with Crippen molar-refractivity contribution in [3.05, 3.63) is 47.7 Å². The summed E-state index contributed by atoms with van der Waals surface area (Å²) < 4.78 is 10.7. The predicted molar refractivity (Wildman–Crippen MR) is 96.2 cm³/mol. The van der Waals surface area contributed by atoms with Crippen molar-refractivity contribution >= 4 is 17.5 Å². The van der Waals surface area contributed by atoms with E-state index in [-0.39, 0.29) is 24.8 Å². The fourth-order valence-corrected chi connectivity index (χ4v) is 2.93. The average molecular weight is 355 g/mol. The van der Waals surface area contributed by atoms with Crippen molar-refractivity contribution in [2.24, 2.45) is 0 Å². The fourth-order valence-electron chi connectivity index (χ4n) is 2.93. The first-order valence-electron chi connectivity index (χ1n) is 8.44. The minimum Gasteiger partial charge on any atom is -0.497 e. The number of carbonyl (C=O) groups excluding carboxylic acids is 2. The van der Waals surface area contributed by atoms with Crippen molar-refractivity contribution in [3.8, 4) is 11.6 Å². The van der Waals surface area contributed by atoms with E-state index in [0.717, 1.165) is 11.1 Å². The molecule has 0 fully saturated rings. The van der Waals surface area contributed by atoms with E-state index in [1.54, 1.807) is 37.6 Å². The van der Waals surface area contributed by atoms with Gasteiger partial charge in [-0.25, -0.2) is 4.98 Å². The summed E-state index contributed by atoms with van der Waals surface area (Å²) in [5.41, 5.74) is 2.17. The third-order valence-electron chi connectivity index (χ3n) is 4.20. The van der Waals surface area contributed by atoms with Crippen LogP contribution in [0.5, 0.6) is 11.6 Å². The lowest BCUT2D eigenvalue weighted by atomic mass is 9.89. The SMILES string of the molecule is CCOc1ncccc1CNC(=O)C1CC(=O)Nc2ccc(OC)cc21. The number of benzene rings is 1. The quantitative estimate of drug-likeness (QED) is 0.829. The van der Waals surface area contributed by atoms with Crippen molar-refractivity contribution < 1.29 is 19.1 Å². The molecule has 2 heterocycles. The molecule has 7 nitrogen and oxygen atoms in total. The molecule has 1 aliphatic heterocycles. The van der Waals surface area contributed by atoms with E-state index in [1.807, 2.05) is 13.0 Å². The minimum absolute atomic E-state index is 0.0946. The van der Waals surface area contributed by atoms with Gasteiger partial charge in [0.25, 0.3) is 0 Å². The van der Waals surface area contributed by atoms with E-state index < -0.39 is 5.92 Å². The highest BCUT2D eigenvalue weighted by atomic mass is 16.5. The lowest BCUT2D eigenvalue weighted by molar-refractivity contribution is -0.126. The van der Waals surface area contributed by atoms with Crippen molar-refractivity contribution in [3.63, 3.8) is 0 Å². The molecule has 2 N–H and O–H groups in total. The van der Waals surface area contributed by atoms with Crippen LogP contribution in [0.2, 0.25) is 0 Å². The van der Waals surface area contributed by atoms with Gasteiger partial charge < -0.3 is 20.1 Å². The molecule has 26 heavy (non-hydrogen) atoms. The fraction of sp³-hybridized carbons (Fsp3) is 0.316. The van der Waals surface area contributed by atoms with E-state index in [4.69, 9.17) is 9.47 Å². The lowest BCUT2D eigenvalue weighted by Gasteiger charge is -2.25. The monoisotopic (exact) mass is 355 g/mol. The maximum Gasteiger partial charge on any atom is 0.228 e. The molecule has 136 valence electrons. The number of hydrogen-bond acceptors (Lipinski definition) is 5. The van der Waals surface area contributed by atoms with E-state index >= 15 is 0 Å². The van der Waals surface area contributed by atoms with Crippen molar-refractivity contribution in [2.75, 3.05) is 19.0 Å². The zero-order chi connectivity index (χ0) is 18.5. The van der Waals surface area contributed by atoms with Crippen molar-refractivity contribution in [1.29, 1.82) is 0 Å². The van der Waals surface area contributed by atoms with E-state index in [2.05, 4.69) is 15.6 Å². The Balaban J connectivity index is 1.77. The predicted octanol–water partition coefficient (Wildman–Crippen LogP) is 2.23. The molecule has 2 aromatic rings. The van der Waals surface area contributed by atoms with Crippen molar-refractivity contribution in [2.45, 2.75) is 25.8 Å². The summed E-state index contributed by atoms with van der Waals surface area (Å²) in [6, 6.07) is 8.93. The van der Waals surface area contributed by atoms with Crippen LogP contribution in [-0.4, -0.2) is 30.5 Å². The number of aromatic nitrogens is 1. The zero-order valence-electron chi connectivity index (χ0n) is 14.7. The number of amides is 2. The van der Waals surface area contributed by atoms with Gasteiger partial charge in [0.1, 0.15) is 5.75 Å². The zero-order valence-corrected chi connectivity index (χ0v) is 14.7. The Kier molecular flexibility index (Phi) is 5.36. The standard InChI is InChI=1S/C19H21N3O4/c1-3-26-19-12(5-4-8-20-19)11-21-18(24)15-10-17(23)22-16-7-6-13(25-2)9-14(15)16/h4-9,15H,3,10-11H2,1-2H3,(H,21,24)(H,22,23). The Bertz CT molecular complexity index is 822. The topological polar surface area (TPSA) is 89.5 Å². The molecule has 0 saturated carbocycles. The molecule has 1 aromatic heterocycles. The van der Waals surface area contributed by atoms with Gasteiger partial charge in [-0.05, 0) is 36.8 Å². The Hall–Kier alpha value is -3.09. The van der Waals surface area contributed by atoms with Crippen LogP contribution in [0.15, 0.2) is 36.5 Å². The maximum absolute atomic E-state index is 12.8. The second-order valence-corrected chi connectivity index (χ2v) is 5.88. The van der Waals surface area contributed by atoms with E-state index in [9.17, 15) is 9.59 Å². The van der Waals surface area contributed by atoms with Crippen LogP contribution < -0.4 is 20.1 Å². The van der Waals surface area contributed by atoms with E-state index in [1.165, 1.54) is 0 Å². The summed E-state index contributed by atoms with van der Waals surface area (Å²) in [6.07, 6.45) is 1.74. The van der Waals surface area contributed by atoms with Crippen molar-refractivity contribution in [1.82, 2.24) is 10.3 Å². The van der Waals surface area contributed by atoms with Crippen LogP contribution in [0.3, 0.4) is 0 Å². The van der Waals surface area contributed by atoms with Crippen LogP contribution in [0.25, 0.3) is 0 Å². The molecule has 0 radical (unpaired) electrons. The molecular formula is C19H21N3O4. The molecular weight excluding hydrogens is 334 g/mol. The highest BCUT2D eigenvalue weighted by Gasteiger charge is 2.31. The Labute approximate surface area is 151 Å². The molecule has 1 aliphatic rings. The van der Waals surface area contributed by atoms with Crippen LogP contribution in [0.1, 0.15) is 30.4 Å². The maximum atomic E-state index is 12.8. The summed E-state index contributed by atoms with van der Waals surface area (Å²) in [6.45, 7) is 2.65. The first-order valence-corrected chi connectivity index (χ1v) is 8.44. The Morgan fingerprint density at radius 2 is 2.23 bits per heavy atom. The lowest BCUT2D eigenvalue weighted by Crippen LogP contribution is -2.34. The van der Waals surface area contributed by atoms with Gasteiger partial charge in [-0.3, -0.25) is 9.59 Å². The number of fused-ring (bicyclic) bond motifs is 1. The smallest absolute Gasteiger partial charge is 0.228 e. The minimum atomic E-state index is -0.568. The molecule has 7 heteroatoms. The van der Waals surface area contributed by atoms with Crippen LogP contribution in [-0.2, 0) is 16.1 Å². The van der Waals surface area contributed by atoms with E-state index in [0.29, 0.717) is 23.9 Å². The molecule has 0 saturated heterocycles. The molecule has 0 spiro atoms. The Morgan fingerprint density at radius 3 is 3.00 bits per heavy atom. The molecule has 0 bridgehead atoms. The molecule has 1 atom stereocenters. The first-order chi connectivity index (χ1) is 12.6. The molecule has 1 aromatic carbocycles. The number of carbonyl (C=O) groups is 2. The summed E-state index contributed by atoms with van der Waals surface area (Å²) in [7, 11) is 1.57. The normalized spacial score (nSPS) is 15.6. The number of rotatable bonds is 6. The second kappa shape index (κ2) is 7.86. The number of ether oxygens (including phenoxy) is 2. The van der Waals surface area contributed by atoms with Gasteiger partial charge in [0, 0.05) is 30.4 Å². The summed E-state index contributed by atoms with van der Waals surface area (Å²) in [5, 5.41) is 5.68. The number of nitrogens with zero attached hydrogens (tertiary/aromatic N) is 1. The number of anilines is 1. The van der Waals surface area contributed by atoms with Crippen LogP contribution in [0.4, 0.5) is 5.69 Å². The highest BCUT2D eigenvalue weighted by molar-refractivity contribution is 6.01. The van der Waals surface area contributed by atoms with Gasteiger partial charge in [0.05, 0.1) is 19.6 Å². The third kappa shape index (κ3) is 3.77. The molecule has 0 aliphatic carbocycles. The molecule has 2 amide bonds. The van der Waals surface area contributed by atoms with Gasteiger partial charge in [-0.15, -0.1) is 0 Å². The summed E-state index contributed by atoms with van der Waals surface area (Å²) >= 11 is 0. The van der Waals surface area contributed by atoms with Gasteiger partial charge >= 0.3 is 0 Å². The summed E-state index contributed by atoms with van der Waals surface area (Å²) in [5.74, 6) is 0.170. The highest BCUT2D eigenvalue weighted by Crippen LogP contribution is 2.35. The van der Waals surface area contributed by atoms with Gasteiger partial charge in [-0.2, -0.15) is 0 Å². The third-order valence-corrected chi connectivity index (χ3v) is 4.20. The molecule has 1 unspecified atom stereocenters. The molecule has 3 rings (SSSR count). The van der Waals surface area contributed by atoms with Crippen LogP contribution >= 0.6 is 0 Å². The number of pyridine rings is 1. The van der Waals surface area contributed by atoms with Gasteiger partial charge in [-0.1, -0.05) is 6.07 Å². The Morgan fingerprint density at radius 1 is 1.38 bits per heavy atom. The van der Waals surface area contributed by atoms with Gasteiger partial charge in [0.2, 0.25) is 17.7 Å². The number of nitrogens with one attached hydrogen (secondary N) is 2. The second-order valence-electron chi connectivity index (χ2n) is 5.88. The number of hydrogen-bond donors (Lipinski definition) is 2. The first kappa shape index (κ1) is 17.7.